The summed E-state index contributed by atoms with van der Waals surface area (Å²) in [6, 6.07) is 9.68. The number of thiophene rings is 1. The maximum atomic E-state index is 12.5. The Morgan fingerprint density at radius 1 is 1.32 bits per heavy atom. The topological polar surface area (TPSA) is 20.3 Å². The van der Waals surface area contributed by atoms with E-state index in [0.717, 1.165) is 8.95 Å². The van der Waals surface area contributed by atoms with Gasteiger partial charge in [0.15, 0.2) is 0 Å². The fourth-order valence-electron chi connectivity index (χ4n) is 1.75. The Bertz CT molecular complexity index is 569. The van der Waals surface area contributed by atoms with Crippen molar-refractivity contribution in [1.29, 1.82) is 0 Å². The van der Waals surface area contributed by atoms with Gasteiger partial charge in [0, 0.05) is 20.4 Å². The summed E-state index contributed by atoms with van der Waals surface area (Å²) >= 11 is 8.52. The molecule has 0 N–H and O–H groups in total. The molecule has 1 aromatic heterocycles. The van der Waals surface area contributed by atoms with Gasteiger partial charge >= 0.3 is 0 Å². The molecule has 0 bridgehead atoms. The number of hydrogen-bond acceptors (Lipinski definition) is 2. The van der Waals surface area contributed by atoms with Crippen molar-refractivity contribution < 1.29 is 4.79 Å². The molecule has 2 nitrogen and oxygen atoms in total. The van der Waals surface area contributed by atoms with Crippen molar-refractivity contribution in [2.45, 2.75) is 13.5 Å². The zero-order valence-corrected chi connectivity index (χ0v) is 14.4. The van der Waals surface area contributed by atoms with Gasteiger partial charge in [-0.2, -0.15) is 0 Å². The molecule has 19 heavy (non-hydrogen) atoms. The standard InChI is InChI=1S/C14H13Br2NOS/c1-2-17(9-11-4-3-7-19-11)14(18)12-6-5-10(15)8-13(12)16/h3-8H,2,9H2,1H3. The summed E-state index contributed by atoms with van der Waals surface area (Å²) in [5.74, 6) is 0.0512. The summed E-state index contributed by atoms with van der Waals surface area (Å²) in [6.45, 7) is 3.35. The molecule has 0 spiro atoms. The lowest BCUT2D eigenvalue weighted by atomic mass is 10.2. The van der Waals surface area contributed by atoms with E-state index in [0.29, 0.717) is 18.7 Å². The van der Waals surface area contributed by atoms with Crippen LogP contribution in [0.4, 0.5) is 0 Å². The van der Waals surface area contributed by atoms with Gasteiger partial charge in [-0.15, -0.1) is 11.3 Å². The van der Waals surface area contributed by atoms with E-state index in [1.54, 1.807) is 11.3 Å². The van der Waals surface area contributed by atoms with Crippen LogP contribution >= 0.6 is 43.2 Å². The third-order valence-electron chi connectivity index (χ3n) is 2.76. The number of nitrogens with zero attached hydrogens (tertiary/aromatic N) is 1. The molecule has 0 saturated heterocycles. The van der Waals surface area contributed by atoms with E-state index in [2.05, 4.69) is 37.9 Å². The fraction of sp³-hybridized carbons (Fsp3) is 0.214. The number of benzene rings is 1. The molecule has 5 heteroatoms. The summed E-state index contributed by atoms with van der Waals surface area (Å²) < 4.78 is 1.77. The Balaban J connectivity index is 2.20. The lowest BCUT2D eigenvalue weighted by Crippen LogP contribution is -2.30. The predicted octanol–water partition coefficient (Wildman–Crippen LogP) is 4.94. The van der Waals surface area contributed by atoms with Gasteiger partial charge < -0.3 is 4.90 Å². The predicted molar refractivity (Wildman–Crippen MR) is 86.6 cm³/mol. The summed E-state index contributed by atoms with van der Waals surface area (Å²) in [5.41, 5.74) is 0.696. The summed E-state index contributed by atoms with van der Waals surface area (Å²) in [5, 5.41) is 2.03. The van der Waals surface area contributed by atoms with Gasteiger partial charge in [0.05, 0.1) is 12.1 Å². The van der Waals surface area contributed by atoms with E-state index >= 15 is 0 Å². The van der Waals surface area contributed by atoms with Gasteiger partial charge in [-0.25, -0.2) is 0 Å². The molecule has 1 amide bonds. The molecule has 0 fully saturated rings. The lowest BCUT2D eigenvalue weighted by Gasteiger charge is -2.21. The van der Waals surface area contributed by atoms with Crippen LogP contribution in [-0.4, -0.2) is 17.4 Å². The molecule has 0 radical (unpaired) electrons. The van der Waals surface area contributed by atoms with Crippen LogP contribution in [0, 0.1) is 0 Å². The molecule has 0 unspecified atom stereocenters. The molecule has 1 aromatic carbocycles. The van der Waals surface area contributed by atoms with E-state index in [4.69, 9.17) is 0 Å². The summed E-state index contributed by atoms with van der Waals surface area (Å²) in [6.07, 6.45) is 0. The highest BCUT2D eigenvalue weighted by atomic mass is 79.9. The van der Waals surface area contributed by atoms with Crippen LogP contribution < -0.4 is 0 Å². The molecule has 2 rings (SSSR count). The van der Waals surface area contributed by atoms with E-state index in [-0.39, 0.29) is 5.91 Å². The van der Waals surface area contributed by atoms with Crippen LogP contribution in [0.2, 0.25) is 0 Å². The van der Waals surface area contributed by atoms with Crippen LogP contribution in [0.1, 0.15) is 22.2 Å². The first-order chi connectivity index (χ1) is 9.11. The Labute approximate surface area is 133 Å². The number of halogens is 2. The highest BCUT2D eigenvalue weighted by Gasteiger charge is 2.17. The van der Waals surface area contributed by atoms with Gasteiger partial charge in [0.2, 0.25) is 0 Å². The van der Waals surface area contributed by atoms with Crippen LogP contribution in [0.25, 0.3) is 0 Å². The van der Waals surface area contributed by atoms with Crippen LogP contribution in [0.3, 0.4) is 0 Å². The molecule has 1 heterocycles. The maximum Gasteiger partial charge on any atom is 0.255 e. The second-order valence-electron chi connectivity index (χ2n) is 4.02. The van der Waals surface area contributed by atoms with Gasteiger partial charge in [0.25, 0.3) is 5.91 Å². The smallest absolute Gasteiger partial charge is 0.255 e. The van der Waals surface area contributed by atoms with Crippen LogP contribution in [0.5, 0.6) is 0 Å². The normalized spacial score (nSPS) is 10.5. The Hall–Kier alpha value is -0.650. The molecule has 0 aliphatic rings. The first kappa shape index (κ1) is 14.8. The number of amides is 1. The van der Waals surface area contributed by atoms with Crippen LogP contribution in [-0.2, 0) is 6.54 Å². The fourth-order valence-corrected chi connectivity index (χ4v) is 3.69. The third-order valence-corrected chi connectivity index (χ3v) is 4.77. The Morgan fingerprint density at radius 3 is 2.68 bits per heavy atom. The molecular weight excluding hydrogens is 390 g/mol. The zero-order chi connectivity index (χ0) is 13.8. The lowest BCUT2D eigenvalue weighted by molar-refractivity contribution is 0.0753. The summed E-state index contributed by atoms with van der Waals surface area (Å²) in [4.78, 5) is 15.6. The zero-order valence-electron chi connectivity index (χ0n) is 10.4. The minimum Gasteiger partial charge on any atom is -0.334 e. The first-order valence-corrected chi connectivity index (χ1v) is 8.35. The Kier molecular flexibility index (Phi) is 5.19. The molecular formula is C14H13Br2NOS. The van der Waals surface area contributed by atoms with Crippen LogP contribution in [0.15, 0.2) is 44.7 Å². The second-order valence-corrected chi connectivity index (χ2v) is 6.83. The maximum absolute atomic E-state index is 12.5. The van der Waals surface area contributed by atoms with Gasteiger partial charge in [-0.1, -0.05) is 22.0 Å². The molecule has 0 aliphatic heterocycles. The molecule has 2 aromatic rings. The number of carbonyl (C=O) groups is 1. The van der Waals surface area contributed by atoms with Crippen molar-refractivity contribution in [3.8, 4) is 0 Å². The highest BCUT2D eigenvalue weighted by molar-refractivity contribution is 9.11. The van der Waals surface area contributed by atoms with Crippen molar-refractivity contribution in [2.24, 2.45) is 0 Å². The highest BCUT2D eigenvalue weighted by Crippen LogP contribution is 2.24. The molecule has 0 saturated carbocycles. The quantitative estimate of drug-likeness (QED) is 0.709. The molecule has 0 aliphatic carbocycles. The minimum atomic E-state index is 0.0512. The van der Waals surface area contributed by atoms with Gasteiger partial charge in [-0.3, -0.25) is 4.79 Å². The van der Waals surface area contributed by atoms with E-state index < -0.39 is 0 Å². The Morgan fingerprint density at radius 2 is 2.11 bits per heavy atom. The second kappa shape index (κ2) is 6.68. The average Bonchev–Trinajstić information content (AvgIpc) is 2.88. The van der Waals surface area contributed by atoms with Crippen molar-refractivity contribution in [3.63, 3.8) is 0 Å². The molecule has 100 valence electrons. The largest absolute Gasteiger partial charge is 0.334 e. The molecule has 0 atom stereocenters. The number of hydrogen-bond donors (Lipinski definition) is 0. The number of carbonyl (C=O) groups excluding carboxylic acids is 1. The summed E-state index contributed by atoms with van der Waals surface area (Å²) in [7, 11) is 0. The van der Waals surface area contributed by atoms with E-state index in [1.165, 1.54) is 4.88 Å². The van der Waals surface area contributed by atoms with Crippen molar-refractivity contribution in [3.05, 3.63) is 55.1 Å². The van der Waals surface area contributed by atoms with Crippen molar-refractivity contribution >= 4 is 49.1 Å². The van der Waals surface area contributed by atoms with Crippen molar-refractivity contribution in [2.75, 3.05) is 6.54 Å². The third kappa shape index (κ3) is 3.68. The van der Waals surface area contributed by atoms with Crippen molar-refractivity contribution in [1.82, 2.24) is 4.90 Å². The van der Waals surface area contributed by atoms with E-state index in [9.17, 15) is 4.79 Å². The minimum absolute atomic E-state index is 0.0512. The first-order valence-electron chi connectivity index (χ1n) is 5.88. The number of rotatable bonds is 4. The van der Waals surface area contributed by atoms with Gasteiger partial charge in [-0.05, 0) is 52.5 Å². The van der Waals surface area contributed by atoms with E-state index in [1.807, 2.05) is 41.5 Å². The monoisotopic (exact) mass is 401 g/mol. The average molecular weight is 403 g/mol. The SMILES string of the molecule is CCN(Cc1cccs1)C(=O)c1ccc(Br)cc1Br. The van der Waals surface area contributed by atoms with Gasteiger partial charge in [0.1, 0.15) is 0 Å².